The van der Waals surface area contributed by atoms with Gasteiger partial charge in [0.25, 0.3) is 11.5 Å². The van der Waals surface area contributed by atoms with Crippen LogP contribution in [0, 0.1) is 0 Å². The minimum absolute atomic E-state index is 0.332. The fraction of sp³-hybridized carbons (Fsp3) is 0.294. The summed E-state index contributed by atoms with van der Waals surface area (Å²) < 4.78 is 37.8. The molecule has 3 rings (SSSR count). The van der Waals surface area contributed by atoms with E-state index in [2.05, 4.69) is 5.32 Å². The number of amides is 1. The van der Waals surface area contributed by atoms with Crippen LogP contribution in [0.3, 0.4) is 0 Å². The van der Waals surface area contributed by atoms with Crippen molar-refractivity contribution in [2.75, 3.05) is 0 Å². The third-order valence-electron chi connectivity index (χ3n) is 4.31. The molecule has 1 aromatic heterocycles. The highest BCUT2D eigenvalue weighted by atomic mass is 19.4. The zero-order chi connectivity index (χ0) is 18.2. The number of aromatic nitrogens is 1. The third-order valence-corrected chi connectivity index (χ3v) is 4.31. The van der Waals surface area contributed by atoms with Gasteiger partial charge in [0.05, 0.1) is 6.04 Å². The first-order valence-corrected chi connectivity index (χ1v) is 7.76. The van der Waals surface area contributed by atoms with E-state index in [0.717, 1.165) is 30.0 Å². The minimum Gasteiger partial charge on any atom is -0.345 e. The molecular formula is C17H14BF3N2O2. The van der Waals surface area contributed by atoms with Crippen molar-refractivity contribution in [3.63, 3.8) is 0 Å². The normalized spacial score (nSPS) is 17.0. The van der Waals surface area contributed by atoms with Gasteiger partial charge in [0.2, 0.25) is 0 Å². The maximum atomic E-state index is 12.6. The van der Waals surface area contributed by atoms with Crippen LogP contribution in [0.2, 0.25) is 0 Å². The summed E-state index contributed by atoms with van der Waals surface area (Å²) >= 11 is 0. The highest BCUT2D eigenvalue weighted by Gasteiger charge is 2.32. The molecule has 1 atom stereocenters. The topological polar surface area (TPSA) is 62.0 Å². The molecule has 128 valence electrons. The molecule has 2 radical (unpaired) electrons. The molecule has 1 aromatic carbocycles. The molecule has 1 unspecified atom stereocenters. The Bertz CT molecular complexity index is 877. The molecule has 1 aliphatic rings. The summed E-state index contributed by atoms with van der Waals surface area (Å²) in [6.07, 6.45) is -2.39. The predicted molar refractivity (Wildman–Crippen MR) is 87.0 cm³/mol. The average molecular weight is 346 g/mol. The fourth-order valence-electron chi connectivity index (χ4n) is 3.08. The number of carbonyl (C=O) groups excluding carboxylic acids is 1. The Morgan fingerprint density at radius 2 is 2.00 bits per heavy atom. The maximum Gasteiger partial charge on any atom is 0.431 e. The predicted octanol–water partition coefficient (Wildman–Crippen LogP) is 1.99. The average Bonchev–Trinajstić information content (AvgIpc) is 2.55. The van der Waals surface area contributed by atoms with E-state index in [9.17, 15) is 22.8 Å². The Hall–Kier alpha value is -2.51. The van der Waals surface area contributed by atoms with Crippen LogP contribution in [0.1, 0.15) is 46.1 Å². The van der Waals surface area contributed by atoms with Gasteiger partial charge in [-0.2, -0.15) is 13.2 Å². The number of hydrogen-bond acceptors (Lipinski definition) is 2. The van der Waals surface area contributed by atoms with E-state index in [1.54, 1.807) is 17.1 Å². The quantitative estimate of drug-likeness (QED) is 0.817. The molecule has 25 heavy (non-hydrogen) atoms. The fourth-order valence-corrected chi connectivity index (χ4v) is 3.08. The number of carbonyl (C=O) groups is 1. The minimum atomic E-state index is -4.67. The number of aromatic amines is 1. The van der Waals surface area contributed by atoms with E-state index >= 15 is 0 Å². The lowest BCUT2D eigenvalue weighted by molar-refractivity contribution is -0.141. The Kier molecular flexibility index (Phi) is 4.45. The number of benzene rings is 1. The molecule has 0 spiro atoms. The number of nitrogens with one attached hydrogen (secondary N) is 2. The Balaban J connectivity index is 1.85. The van der Waals surface area contributed by atoms with Crippen molar-refractivity contribution in [3.8, 4) is 0 Å². The van der Waals surface area contributed by atoms with Crippen molar-refractivity contribution in [2.45, 2.75) is 31.5 Å². The van der Waals surface area contributed by atoms with E-state index in [1.807, 2.05) is 6.07 Å². The van der Waals surface area contributed by atoms with Crippen LogP contribution >= 0.6 is 0 Å². The highest BCUT2D eigenvalue weighted by Crippen LogP contribution is 2.29. The molecule has 0 aliphatic heterocycles. The van der Waals surface area contributed by atoms with Gasteiger partial charge in [0.15, 0.2) is 0 Å². The molecule has 1 amide bonds. The van der Waals surface area contributed by atoms with Crippen LogP contribution in [0.15, 0.2) is 35.1 Å². The van der Waals surface area contributed by atoms with E-state index < -0.39 is 23.3 Å². The number of pyridine rings is 1. The SMILES string of the molecule is [B]c1cccc2c1CCCC2NC(=O)c1ccc(C(F)(F)F)[nH]c1=O. The number of hydrogen-bond donors (Lipinski definition) is 2. The molecule has 0 saturated carbocycles. The van der Waals surface area contributed by atoms with Crippen LogP contribution in [0.25, 0.3) is 0 Å². The van der Waals surface area contributed by atoms with Crippen molar-refractivity contribution >= 4 is 19.2 Å². The molecule has 0 bridgehead atoms. The Labute approximate surface area is 142 Å². The molecular weight excluding hydrogens is 332 g/mol. The molecule has 0 fully saturated rings. The van der Waals surface area contributed by atoms with Gasteiger partial charge < -0.3 is 10.3 Å². The first-order valence-electron chi connectivity index (χ1n) is 7.76. The van der Waals surface area contributed by atoms with Gasteiger partial charge in [-0.15, -0.1) is 0 Å². The summed E-state index contributed by atoms with van der Waals surface area (Å²) in [7, 11) is 5.95. The first kappa shape index (κ1) is 17.3. The first-order chi connectivity index (χ1) is 11.8. The van der Waals surface area contributed by atoms with Crippen molar-refractivity contribution in [2.24, 2.45) is 0 Å². The summed E-state index contributed by atoms with van der Waals surface area (Å²) in [6.45, 7) is 0. The van der Waals surface area contributed by atoms with Crippen molar-refractivity contribution in [1.82, 2.24) is 10.3 Å². The lowest BCUT2D eigenvalue weighted by atomic mass is 9.79. The highest BCUT2D eigenvalue weighted by molar-refractivity contribution is 6.33. The molecule has 8 heteroatoms. The number of rotatable bonds is 2. The number of alkyl halides is 3. The van der Waals surface area contributed by atoms with Gasteiger partial charge in [0.1, 0.15) is 19.1 Å². The van der Waals surface area contributed by atoms with Crippen molar-refractivity contribution < 1.29 is 18.0 Å². The third kappa shape index (κ3) is 3.47. The molecule has 4 nitrogen and oxygen atoms in total. The van der Waals surface area contributed by atoms with Gasteiger partial charge in [-0.3, -0.25) is 9.59 Å². The Morgan fingerprint density at radius 1 is 1.24 bits per heavy atom. The molecule has 0 saturated heterocycles. The summed E-state index contributed by atoms with van der Waals surface area (Å²) in [4.78, 5) is 25.9. The second-order valence-electron chi connectivity index (χ2n) is 5.95. The van der Waals surface area contributed by atoms with E-state index in [1.165, 1.54) is 0 Å². The van der Waals surface area contributed by atoms with Crippen LogP contribution < -0.4 is 16.3 Å². The standard InChI is InChI=1S/C17H14BF3N2O2/c18-12-5-1-4-10-9(12)3-2-6-13(10)22-15(24)11-7-8-14(17(19,20)21)23-16(11)25/h1,4-5,7-8,13H,2-3,6H2,(H,22,24)(H,23,25). The molecule has 2 aromatic rings. The monoisotopic (exact) mass is 346 g/mol. The van der Waals surface area contributed by atoms with Crippen LogP contribution in [-0.4, -0.2) is 18.7 Å². The zero-order valence-electron chi connectivity index (χ0n) is 13.1. The summed E-state index contributed by atoms with van der Waals surface area (Å²) in [5.41, 5.74) is -0.142. The summed E-state index contributed by atoms with van der Waals surface area (Å²) in [5.74, 6) is -0.713. The number of H-pyrrole nitrogens is 1. The summed E-state index contributed by atoms with van der Waals surface area (Å²) in [6, 6.07) is 6.66. The van der Waals surface area contributed by atoms with Crippen molar-refractivity contribution in [3.05, 3.63) is 63.1 Å². The van der Waals surface area contributed by atoms with Crippen LogP contribution in [-0.2, 0) is 12.6 Å². The van der Waals surface area contributed by atoms with E-state index in [0.29, 0.717) is 17.9 Å². The van der Waals surface area contributed by atoms with Crippen molar-refractivity contribution in [1.29, 1.82) is 0 Å². The van der Waals surface area contributed by atoms with Gasteiger partial charge >= 0.3 is 6.18 Å². The van der Waals surface area contributed by atoms with Crippen LogP contribution in [0.4, 0.5) is 13.2 Å². The zero-order valence-corrected chi connectivity index (χ0v) is 13.1. The van der Waals surface area contributed by atoms with E-state index in [4.69, 9.17) is 7.85 Å². The summed E-state index contributed by atoms with van der Waals surface area (Å²) in [5, 5.41) is 2.72. The second-order valence-corrected chi connectivity index (χ2v) is 5.95. The number of fused-ring (bicyclic) bond motifs is 1. The molecule has 1 heterocycles. The smallest absolute Gasteiger partial charge is 0.345 e. The maximum absolute atomic E-state index is 12.6. The Morgan fingerprint density at radius 3 is 2.68 bits per heavy atom. The van der Waals surface area contributed by atoms with Gasteiger partial charge in [-0.25, -0.2) is 0 Å². The second kappa shape index (κ2) is 6.42. The molecule has 1 aliphatic carbocycles. The molecule has 2 N–H and O–H groups in total. The van der Waals surface area contributed by atoms with Gasteiger partial charge in [-0.1, -0.05) is 23.7 Å². The lowest BCUT2D eigenvalue weighted by Gasteiger charge is -2.27. The van der Waals surface area contributed by atoms with Crippen LogP contribution in [0.5, 0.6) is 0 Å². The number of halogens is 3. The lowest BCUT2D eigenvalue weighted by Crippen LogP contribution is -2.36. The largest absolute Gasteiger partial charge is 0.431 e. The van der Waals surface area contributed by atoms with Gasteiger partial charge in [-0.05, 0) is 42.5 Å². The van der Waals surface area contributed by atoms with E-state index in [-0.39, 0.29) is 11.6 Å². The van der Waals surface area contributed by atoms with Gasteiger partial charge in [0, 0.05) is 0 Å².